The first-order valence-electron chi connectivity index (χ1n) is 2.27. The van der Waals surface area contributed by atoms with Gasteiger partial charge in [0.15, 0.2) is 0 Å². The van der Waals surface area contributed by atoms with Gasteiger partial charge in [0.25, 0.3) is 0 Å². The Morgan fingerprint density at radius 1 is 1.44 bits per heavy atom. The third-order valence-electron chi connectivity index (χ3n) is 0.628. The quantitative estimate of drug-likeness (QED) is 0.474. The molecule has 0 unspecified atom stereocenters. The summed E-state index contributed by atoms with van der Waals surface area (Å²) >= 11 is 0. The summed E-state index contributed by atoms with van der Waals surface area (Å²) in [5.41, 5.74) is 0. The van der Waals surface area contributed by atoms with Crippen molar-refractivity contribution in [2.45, 2.75) is 0 Å². The molecule has 0 aliphatic rings. The molecule has 5 heteroatoms. The molecule has 0 fully saturated rings. The Kier molecular flexibility index (Phi) is 3.19. The summed E-state index contributed by atoms with van der Waals surface area (Å²) in [5.74, 6) is 0. The van der Waals surface area contributed by atoms with Crippen molar-refractivity contribution in [1.82, 2.24) is 10.6 Å². The summed E-state index contributed by atoms with van der Waals surface area (Å²) in [5, 5.41) is 4.05. The maximum atomic E-state index is 10.3. The van der Waals surface area contributed by atoms with Crippen molar-refractivity contribution >= 4 is 12.1 Å². The number of imide groups is 1. The van der Waals surface area contributed by atoms with Crippen molar-refractivity contribution in [2.24, 2.45) is 0 Å². The normalized spacial score (nSPS) is 7.78. The van der Waals surface area contributed by atoms with Crippen LogP contribution in [0.15, 0.2) is 0 Å². The van der Waals surface area contributed by atoms with Crippen LogP contribution in [0, 0.1) is 0 Å². The molecule has 9 heavy (non-hydrogen) atoms. The molecule has 0 saturated heterocycles. The van der Waals surface area contributed by atoms with Crippen LogP contribution in [0.25, 0.3) is 0 Å². The summed E-state index contributed by atoms with van der Waals surface area (Å²) in [7, 11) is 2.58. The number of hydrogen-bond acceptors (Lipinski definition) is 3. The molecule has 0 aromatic carbocycles. The Morgan fingerprint density at radius 3 is 2.33 bits per heavy atom. The van der Waals surface area contributed by atoms with Crippen LogP contribution in [-0.4, -0.2) is 26.3 Å². The number of methoxy groups -OCH3 is 1. The van der Waals surface area contributed by atoms with Crippen LogP contribution in [0.2, 0.25) is 0 Å². The van der Waals surface area contributed by atoms with Crippen molar-refractivity contribution in [3.63, 3.8) is 0 Å². The lowest BCUT2D eigenvalue weighted by atomic mass is 10.9. The fraction of sp³-hybridized carbons (Fsp3) is 0.500. The standard InChI is InChI=1S/C4H8N2O3/c1-5-3(7)6-4(8)9-2/h1-2H3,(H2,5,6,7,8). The van der Waals surface area contributed by atoms with Crippen molar-refractivity contribution in [1.29, 1.82) is 0 Å². The summed E-state index contributed by atoms with van der Waals surface area (Å²) in [6, 6.07) is -0.582. The van der Waals surface area contributed by atoms with E-state index in [1.54, 1.807) is 0 Å². The first kappa shape index (κ1) is 7.74. The van der Waals surface area contributed by atoms with E-state index in [4.69, 9.17) is 0 Å². The molecule has 3 amide bonds. The lowest BCUT2D eigenvalue weighted by Crippen LogP contribution is -2.37. The van der Waals surface area contributed by atoms with Crippen LogP contribution in [0.3, 0.4) is 0 Å². The van der Waals surface area contributed by atoms with Crippen molar-refractivity contribution in [3.05, 3.63) is 0 Å². The first-order chi connectivity index (χ1) is 4.20. The highest BCUT2D eigenvalue weighted by molar-refractivity contribution is 5.90. The van der Waals surface area contributed by atoms with Gasteiger partial charge in [0.1, 0.15) is 0 Å². The first-order valence-corrected chi connectivity index (χ1v) is 2.27. The van der Waals surface area contributed by atoms with Gasteiger partial charge in [0, 0.05) is 7.05 Å². The minimum atomic E-state index is -0.769. The molecule has 0 bridgehead atoms. The van der Waals surface area contributed by atoms with Gasteiger partial charge in [0.05, 0.1) is 7.11 Å². The topological polar surface area (TPSA) is 67.4 Å². The lowest BCUT2D eigenvalue weighted by Gasteiger charge is -1.98. The van der Waals surface area contributed by atoms with Gasteiger partial charge < -0.3 is 10.1 Å². The molecule has 0 radical (unpaired) electrons. The van der Waals surface area contributed by atoms with E-state index in [2.05, 4.69) is 10.1 Å². The maximum Gasteiger partial charge on any atom is 0.415 e. The molecule has 0 aromatic heterocycles. The van der Waals surface area contributed by atoms with Gasteiger partial charge in [-0.2, -0.15) is 0 Å². The zero-order valence-corrected chi connectivity index (χ0v) is 5.22. The predicted molar refractivity (Wildman–Crippen MR) is 30.0 cm³/mol. The van der Waals surface area contributed by atoms with Crippen LogP contribution in [0.1, 0.15) is 0 Å². The molecule has 0 heterocycles. The van der Waals surface area contributed by atoms with E-state index in [-0.39, 0.29) is 0 Å². The van der Waals surface area contributed by atoms with Gasteiger partial charge in [0.2, 0.25) is 0 Å². The number of urea groups is 1. The minimum Gasteiger partial charge on any atom is -0.453 e. The number of ether oxygens (including phenoxy) is 1. The Hall–Kier alpha value is -1.26. The van der Waals surface area contributed by atoms with Gasteiger partial charge in [-0.25, -0.2) is 14.9 Å². The number of rotatable bonds is 0. The number of amides is 3. The Morgan fingerprint density at radius 2 is 2.00 bits per heavy atom. The van der Waals surface area contributed by atoms with Crippen LogP contribution in [-0.2, 0) is 4.74 Å². The highest BCUT2D eigenvalue weighted by Gasteiger charge is 2.01. The third kappa shape index (κ3) is 3.33. The van der Waals surface area contributed by atoms with Gasteiger partial charge in [-0.05, 0) is 0 Å². The molecule has 5 nitrogen and oxygen atoms in total. The Bertz CT molecular complexity index is 109. The zero-order chi connectivity index (χ0) is 7.28. The largest absolute Gasteiger partial charge is 0.453 e. The van der Waals surface area contributed by atoms with Crippen LogP contribution in [0.5, 0.6) is 0 Å². The highest BCUT2D eigenvalue weighted by atomic mass is 16.5. The van der Waals surface area contributed by atoms with E-state index in [1.165, 1.54) is 14.2 Å². The Balaban J connectivity index is 3.47. The maximum absolute atomic E-state index is 10.3. The van der Waals surface area contributed by atoms with E-state index >= 15 is 0 Å². The molecule has 52 valence electrons. The van der Waals surface area contributed by atoms with Crippen LogP contribution in [0.4, 0.5) is 9.59 Å². The second kappa shape index (κ2) is 3.71. The second-order valence-electron chi connectivity index (χ2n) is 1.20. The summed E-state index contributed by atoms with van der Waals surface area (Å²) in [4.78, 5) is 20.4. The summed E-state index contributed by atoms with van der Waals surface area (Å²) in [6.07, 6.45) is -0.769. The molecule has 0 saturated carbocycles. The molecular formula is C4H8N2O3. The minimum absolute atomic E-state index is 0.582. The van der Waals surface area contributed by atoms with Crippen LogP contribution < -0.4 is 10.6 Å². The van der Waals surface area contributed by atoms with Gasteiger partial charge in [-0.15, -0.1) is 0 Å². The monoisotopic (exact) mass is 132 g/mol. The van der Waals surface area contributed by atoms with Crippen molar-refractivity contribution in [3.8, 4) is 0 Å². The number of carbonyl (C=O) groups excluding carboxylic acids is 2. The fourth-order valence-electron chi connectivity index (χ4n) is 0.206. The lowest BCUT2D eigenvalue weighted by molar-refractivity contribution is 0.171. The van der Waals surface area contributed by atoms with Gasteiger partial charge in [-0.3, -0.25) is 0 Å². The fourth-order valence-corrected chi connectivity index (χ4v) is 0.206. The highest BCUT2D eigenvalue weighted by Crippen LogP contribution is 1.68. The molecule has 0 rings (SSSR count). The number of hydrogen-bond donors (Lipinski definition) is 2. The molecule has 0 atom stereocenters. The molecule has 0 aliphatic heterocycles. The predicted octanol–water partition coefficient (Wildman–Crippen LogP) is -0.318. The molecule has 0 aromatic rings. The van der Waals surface area contributed by atoms with Gasteiger partial charge >= 0.3 is 12.1 Å². The molecule has 0 spiro atoms. The summed E-state index contributed by atoms with van der Waals surface area (Å²) in [6.45, 7) is 0. The van der Waals surface area contributed by atoms with E-state index in [0.29, 0.717) is 0 Å². The second-order valence-corrected chi connectivity index (χ2v) is 1.20. The SMILES string of the molecule is CNC(=O)NC(=O)OC. The molecule has 0 aliphatic carbocycles. The van der Waals surface area contributed by atoms with E-state index in [9.17, 15) is 9.59 Å². The number of alkyl carbamates (subject to hydrolysis) is 1. The number of nitrogens with one attached hydrogen (secondary N) is 2. The zero-order valence-electron chi connectivity index (χ0n) is 5.22. The van der Waals surface area contributed by atoms with E-state index < -0.39 is 12.1 Å². The van der Waals surface area contributed by atoms with Gasteiger partial charge in [-0.1, -0.05) is 0 Å². The Labute approximate surface area is 52.4 Å². The third-order valence-corrected chi connectivity index (χ3v) is 0.628. The molecular weight excluding hydrogens is 124 g/mol. The van der Waals surface area contributed by atoms with Crippen LogP contribution >= 0.6 is 0 Å². The van der Waals surface area contributed by atoms with Crippen molar-refractivity contribution in [2.75, 3.05) is 14.2 Å². The smallest absolute Gasteiger partial charge is 0.415 e. The average molecular weight is 132 g/mol. The van der Waals surface area contributed by atoms with Crippen molar-refractivity contribution < 1.29 is 14.3 Å². The summed E-state index contributed by atoms with van der Waals surface area (Å²) < 4.78 is 4.11. The molecule has 2 N–H and O–H groups in total. The average Bonchev–Trinajstić information content (AvgIpc) is 1.87. The van der Waals surface area contributed by atoms with E-state index in [1.807, 2.05) is 5.32 Å². The number of carbonyl (C=O) groups is 2. The van der Waals surface area contributed by atoms with E-state index in [0.717, 1.165) is 0 Å².